The van der Waals surface area contributed by atoms with Crippen LogP contribution in [0, 0.1) is 0 Å². The second kappa shape index (κ2) is 10.5. The summed E-state index contributed by atoms with van der Waals surface area (Å²) in [6, 6.07) is 16.8. The number of aromatic nitrogens is 2. The Morgan fingerprint density at radius 1 is 1.12 bits per heavy atom. The third-order valence-electron chi connectivity index (χ3n) is 5.46. The highest BCUT2D eigenvalue weighted by Gasteiger charge is 2.33. The average Bonchev–Trinajstić information content (AvgIpc) is 3.38. The minimum Gasteiger partial charge on any atom is -0.478 e. The maximum atomic E-state index is 13.2. The van der Waals surface area contributed by atoms with Crippen LogP contribution in [-0.4, -0.2) is 33.7 Å². The zero-order valence-electron chi connectivity index (χ0n) is 19.1. The van der Waals surface area contributed by atoms with Gasteiger partial charge in [-0.25, -0.2) is 4.68 Å². The molecular weight excluding hydrogens is 472 g/mol. The molecule has 2 heterocycles. The number of nitrogens with one attached hydrogen (secondary N) is 2. The van der Waals surface area contributed by atoms with Crippen molar-refractivity contribution in [2.24, 2.45) is 0 Å². The normalized spacial score (nSPS) is 12.8. The number of halogens is 1. The Kier molecular flexibility index (Phi) is 7.48. The lowest BCUT2D eigenvalue weighted by Gasteiger charge is -2.25. The predicted molar refractivity (Wildman–Crippen MR) is 135 cm³/mol. The van der Waals surface area contributed by atoms with E-state index in [0.717, 1.165) is 34.7 Å². The summed E-state index contributed by atoms with van der Waals surface area (Å²) in [6.45, 7) is 3.95. The van der Waals surface area contributed by atoms with Crippen molar-refractivity contribution in [2.75, 3.05) is 11.9 Å². The number of nitrogens with zero attached hydrogens (tertiary/aromatic N) is 2. The highest BCUT2D eigenvalue weighted by atomic mass is 35.5. The molecule has 2 N–H and O–H groups in total. The highest BCUT2D eigenvalue weighted by Crippen LogP contribution is 2.35. The molecule has 0 spiro atoms. The van der Waals surface area contributed by atoms with Crippen molar-refractivity contribution in [3.63, 3.8) is 0 Å². The van der Waals surface area contributed by atoms with Gasteiger partial charge >= 0.3 is 0 Å². The Hall–Kier alpha value is -2.97. The molecule has 4 rings (SSSR count). The van der Waals surface area contributed by atoms with Crippen LogP contribution in [0.15, 0.2) is 54.6 Å². The number of anilines is 1. The number of carbonyl (C=O) groups is 2. The first-order chi connectivity index (χ1) is 16.3. The molecule has 34 heavy (non-hydrogen) atoms. The molecule has 0 bridgehead atoms. The van der Waals surface area contributed by atoms with Gasteiger partial charge < -0.3 is 15.4 Å². The van der Waals surface area contributed by atoms with Crippen LogP contribution in [0.25, 0.3) is 0 Å². The molecule has 0 fully saturated rings. The number of carbonyl (C=O) groups excluding carboxylic acids is 2. The first-order valence-electron chi connectivity index (χ1n) is 11.0. The molecule has 1 aromatic heterocycles. The molecule has 2 amide bonds. The van der Waals surface area contributed by atoms with E-state index in [1.54, 1.807) is 54.6 Å². The van der Waals surface area contributed by atoms with Crippen LogP contribution in [0.2, 0.25) is 5.02 Å². The summed E-state index contributed by atoms with van der Waals surface area (Å²) in [5.74, 6) is 2.10. The summed E-state index contributed by atoms with van der Waals surface area (Å²) < 4.78 is 7.50. The molecule has 0 saturated heterocycles. The molecule has 0 radical (unpaired) electrons. The van der Waals surface area contributed by atoms with Crippen molar-refractivity contribution in [3.05, 3.63) is 76.4 Å². The van der Waals surface area contributed by atoms with Crippen molar-refractivity contribution in [1.82, 2.24) is 15.1 Å². The Morgan fingerprint density at radius 2 is 1.85 bits per heavy atom. The van der Waals surface area contributed by atoms with Gasteiger partial charge in [-0.15, -0.1) is 0 Å². The Morgan fingerprint density at radius 3 is 2.59 bits per heavy atom. The fourth-order valence-electron chi connectivity index (χ4n) is 3.60. The van der Waals surface area contributed by atoms with Crippen molar-refractivity contribution in [1.29, 1.82) is 0 Å². The van der Waals surface area contributed by atoms with E-state index in [9.17, 15) is 9.59 Å². The second-order valence-corrected chi connectivity index (χ2v) is 9.95. The van der Waals surface area contributed by atoms with Crippen LogP contribution < -0.4 is 15.4 Å². The quantitative estimate of drug-likeness (QED) is 0.455. The number of amides is 2. The van der Waals surface area contributed by atoms with Crippen molar-refractivity contribution in [2.45, 2.75) is 43.9 Å². The number of rotatable bonds is 9. The van der Waals surface area contributed by atoms with Gasteiger partial charge in [0.15, 0.2) is 5.60 Å². The van der Waals surface area contributed by atoms with E-state index >= 15 is 0 Å². The fraction of sp³-hybridized carbons (Fsp3) is 0.320. The van der Waals surface area contributed by atoms with Gasteiger partial charge in [-0.2, -0.15) is 16.9 Å². The van der Waals surface area contributed by atoms with Gasteiger partial charge in [0, 0.05) is 28.6 Å². The van der Waals surface area contributed by atoms with Gasteiger partial charge in [0.1, 0.15) is 18.1 Å². The van der Waals surface area contributed by atoms with Gasteiger partial charge in [0.25, 0.3) is 5.91 Å². The molecule has 9 heteroatoms. The number of thioether (sulfide) groups is 1. The third-order valence-corrected chi connectivity index (χ3v) is 6.68. The topological polar surface area (TPSA) is 85.2 Å². The van der Waals surface area contributed by atoms with Crippen LogP contribution in [0.5, 0.6) is 5.75 Å². The monoisotopic (exact) mass is 498 g/mol. The molecule has 178 valence electrons. The first-order valence-corrected chi connectivity index (χ1v) is 12.6. The molecule has 0 unspecified atom stereocenters. The minimum absolute atomic E-state index is 0.0283. The molecule has 0 atom stereocenters. The summed E-state index contributed by atoms with van der Waals surface area (Å²) in [6.07, 6.45) is 0.749. The Balaban J connectivity index is 1.41. The van der Waals surface area contributed by atoms with Gasteiger partial charge in [0.05, 0.1) is 5.69 Å². The van der Waals surface area contributed by atoms with Gasteiger partial charge in [-0.1, -0.05) is 41.9 Å². The van der Waals surface area contributed by atoms with E-state index in [1.165, 1.54) is 0 Å². The lowest BCUT2D eigenvalue weighted by molar-refractivity contribution is -0.128. The predicted octanol–water partition coefficient (Wildman–Crippen LogP) is 4.44. The molecule has 3 aromatic rings. The summed E-state index contributed by atoms with van der Waals surface area (Å²) >= 11 is 7.67. The van der Waals surface area contributed by atoms with Crippen molar-refractivity contribution >= 4 is 41.0 Å². The van der Waals surface area contributed by atoms with E-state index in [4.69, 9.17) is 16.3 Å². The Bertz CT molecular complexity index is 1160. The second-order valence-electron chi connectivity index (χ2n) is 8.53. The molecule has 0 aliphatic carbocycles. The maximum absolute atomic E-state index is 13.2. The van der Waals surface area contributed by atoms with Crippen LogP contribution in [0.3, 0.4) is 0 Å². The summed E-state index contributed by atoms with van der Waals surface area (Å²) in [5, 5.41) is 11.1. The number of ether oxygens (including phenoxy) is 1. The van der Waals surface area contributed by atoms with E-state index in [2.05, 4.69) is 15.7 Å². The largest absolute Gasteiger partial charge is 0.478 e. The number of hydrogen-bond acceptors (Lipinski definition) is 5. The molecule has 1 aliphatic heterocycles. The average molecular weight is 499 g/mol. The zero-order valence-corrected chi connectivity index (χ0v) is 20.7. The SMILES string of the molecule is CC(C)(Oc1ccc(Cl)cc1)C(=O)Nc1c2c(nn1CC(=O)NCCc1ccccc1)CSC2. The third kappa shape index (κ3) is 5.93. The van der Waals surface area contributed by atoms with Gasteiger partial charge in [-0.05, 0) is 50.1 Å². The van der Waals surface area contributed by atoms with Crippen LogP contribution in [0.4, 0.5) is 5.82 Å². The zero-order chi connectivity index (χ0) is 24.1. The van der Waals surface area contributed by atoms with Crippen LogP contribution >= 0.6 is 23.4 Å². The minimum atomic E-state index is -1.15. The molecule has 7 nitrogen and oxygen atoms in total. The Labute approximate surface area is 208 Å². The number of benzene rings is 2. The highest BCUT2D eigenvalue weighted by molar-refractivity contribution is 7.98. The summed E-state index contributed by atoms with van der Waals surface area (Å²) in [4.78, 5) is 25.8. The summed E-state index contributed by atoms with van der Waals surface area (Å²) in [5.41, 5.74) is 1.86. The van der Waals surface area contributed by atoms with Gasteiger partial charge in [0.2, 0.25) is 5.91 Å². The maximum Gasteiger partial charge on any atom is 0.269 e. The van der Waals surface area contributed by atoms with Gasteiger partial charge in [-0.3, -0.25) is 9.59 Å². The molecular formula is C25H27ClN4O3S. The number of fused-ring (bicyclic) bond motifs is 1. The van der Waals surface area contributed by atoms with Crippen LogP contribution in [-0.2, 0) is 34.1 Å². The van der Waals surface area contributed by atoms with Crippen molar-refractivity contribution in [3.8, 4) is 5.75 Å². The molecule has 1 aliphatic rings. The standard InChI is InChI=1S/C25H27ClN4O3S/c1-25(2,33-19-10-8-18(26)9-11-19)24(32)28-23-20-15-34-16-21(20)29-30(23)14-22(31)27-13-12-17-6-4-3-5-7-17/h3-11H,12-16H2,1-2H3,(H,27,31)(H,28,32). The van der Waals surface area contributed by atoms with E-state index in [0.29, 0.717) is 23.1 Å². The van der Waals surface area contributed by atoms with Crippen LogP contribution in [0.1, 0.15) is 30.7 Å². The van der Waals surface area contributed by atoms with E-state index in [1.807, 2.05) is 30.3 Å². The first kappa shape index (κ1) is 24.2. The number of hydrogen-bond donors (Lipinski definition) is 2. The lowest BCUT2D eigenvalue weighted by Crippen LogP contribution is -2.43. The van der Waals surface area contributed by atoms with Crippen molar-refractivity contribution < 1.29 is 14.3 Å². The smallest absolute Gasteiger partial charge is 0.269 e. The molecule has 0 saturated carbocycles. The van der Waals surface area contributed by atoms with E-state index < -0.39 is 5.60 Å². The lowest BCUT2D eigenvalue weighted by atomic mass is 10.1. The molecule has 2 aromatic carbocycles. The summed E-state index contributed by atoms with van der Waals surface area (Å²) in [7, 11) is 0. The van der Waals surface area contributed by atoms with E-state index in [-0.39, 0.29) is 18.4 Å². The fourth-order valence-corrected chi connectivity index (χ4v) is 4.77.